The number of carbonyl (C=O) groups is 1. The Hall–Kier alpha value is -0.870. The Kier molecular flexibility index (Phi) is 3.87. The molecule has 3 rings (SSSR count). The van der Waals surface area contributed by atoms with Gasteiger partial charge in [0.1, 0.15) is 6.17 Å². The van der Waals surface area contributed by atoms with Crippen LogP contribution in [0, 0.1) is 5.41 Å². The van der Waals surface area contributed by atoms with Crippen LogP contribution < -0.4 is 5.32 Å². The molecule has 1 aromatic rings. The van der Waals surface area contributed by atoms with Crippen LogP contribution in [-0.2, 0) is 4.79 Å². The second-order valence-corrected chi connectivity index (χ2v) is 7.20. The Morgan fingerprint density at radius 2 is 2.25 bits per heavy atom. The fourth-order valence-corrected chi connectivity index (χ4v) is 4.28. The Morgan fingerprint density at radius 3 is 2.75 bits per heavy atom. The molecule has 4 heteroatoms. The van der Waals surface area contributed by atoms with Gasteiger partial charge in [-0.25, -0.2) is 0 Å². The summed E-state index contributed by atoms with van der Waals surface area (Å²) in [6.45, 7) is 5.28. The summed E-state index contributed by atoms with van der Waals surface area (Å²) in [5.74, 6) is 0.297. The highest BCUT2D eigenvalue weighted by molar-refractivity contribution is 7.10. The van der Waals surface area contributed by atoms with Gasteiger partial charge in [0.25, 0.3) is 0 Å². The van der Waals surface area contributed by atoms with Gasteiger partial charge in [-0.05, 0) is 42.5 Å². The van der Waals surface area contributed by atoms with Gasteiger partial charge in [-0.15, -0.1) is 11.3 Å². The van der Waals surface area contributed by atoms with Crippen LogP contribution in [-0.4, -0.2) is 23.4 Å². The summed E-state index contributed by atoms with van der Waals surface area (Å²) in [5.41, 5.74) is 0.384. The molecule has 1 N–H and O–H groups in total. The maximum Gasteiger partial charge on any atom is 0.241 e. The quantitative estimate of drug-likeness (QED) is 0.900. The Bertz CT molecular complexity index is 461. The number of amides is 1. The van der Waals surface area contributed by atoms with E-state index in [1.54, 1.807) is 11.3 Å². The summed E-state index contributed by atoms with van der Waals surface area (Å²) in [4.78, 5) is 16.0. The lowest BCUT2D eigenvalue weighted by atomic mass is 9.66. The molecule has 0 aromatic carbocycles. The van der Waals surface area contributed by atoms with E-state index in [-0.39, 0.29) is 12.2 Å². The summed E-state index contributed by atoms with van der Waals surface area (Å²) < 4.78 is 0. The highest BCUT2D eigenvalue weighted by Gasteiger charge is 2.45. The average molecular weight is 292 g/mol. The summed E-state index contributed by atoms with van der Waals surface area (Å²) in [6.07, 6.45) is 6.03. The first-order valence-electron chi connectivity index (χ1n) is 7.79. The second kappa shape index (κ2) is 5.49. The van der Waals surface area contributed by atoms with E-state index in [1.165, 1.54) is 30.6 Å². The molecular weight excluding hydrogens is 268 g/mol. The van der Waals surface area contributed by atoms with Crippen LogP contribution in [0.3, 0.4) is 0 Å². The van der Waals surface area contributed by atoms with Crippen LogP contribution >= 0.6 is 11.3 Å². The van der Waals surface area contributed by atoms with E-state index in [0.717, 1.165) is 13.0 Å². The van der Waals surface area contributed by atoms with E-state index in [0.29, 0.717) is 11.3 Å². The molecule has 1 saturated heterocycles. The van der Waals surface area contributed by atoms with E-state index in [9.17, 15) is 4.79 Å². The van der Waals surface area contributed by atoms with E-state index >= 15 is 0 Å². The largest absolute Gasteiger partial charge is 0.320 e. The van der Waals surface area contributed by atoms with Crippen LogP contribution in [0.5, 0.6) is 0 Å². The molecule has 2 atom stereocenters. The average Bonchev–Trinajstić information content (AvgIpc) is 3.02. The highest BCUT2D eigenvalue weighted by Crippen LogP contribution is 2.46. The highest BCUT2D eigenvalue weighted by atomic mass is 32.1. The maximum absolute atomic E-state index is 12.6. The minimum atomic E-state index is -0.00363. The monoisotopic (exact) mass is 292 g/mol. The van der Waals surface area contributed by atoms with Crippen molar-refractivity contribution in [2.75, 3.05) is 6.54 Å². The summed E-state index contributed by atoms with van der Waals surface area (Å²) in [6, 6.07) is 4.21. The van der Waals surface area contributed by atoms with Gasteiger partial charge in [0.05, 0.1) is 6.04 Å². The number of rotatable bonds is 5. The lowest BCUT2D eigenvalue weighted by Gasteiger charge is -2.44. The molecule has 3 nitrogen and oxygen atoms in total. The number of hydrogen-bond acceptors (Lipinski definition) is 3. The molecule has 2 heterocycles. The number of nitrogens with one attached hydrogen (secondary N) is 1. The van der Waals surface area contributed by atoms with Crippen LogP contribution in [0.2, 0.25) is 0 Å². The van der Waals surface area contributed by atoms with Crippen molar-refractivity contribution in [1.82, 2.24) is 10.2 Å². The van der Waals surface area contributed by atoms with E-state index in [1.807, 2.05) is 0 Å². The lowest BCUT2D eigenvalue weighted by molar-refractivity contribution is -0.132. The fourth-order valence-electron chi connectivity index (χ4n) is 3.49. The van der Waals surface area contributed by atoms with Gasteiger partial charge in [-0.1, -0.05) is 26.3 Å². The molecule has 1 aliphatic carbocycles. The SMILES string of the molecule is CCC1NC(c2cccs2)N(CC2(CC)CCC2)C1=O. The van der Waals surface area contributed by atoms with E-state index in [2.05, 4.69) is 41.6 Å². The third kappa shape index (κ3) is 2.29. The van der Waals surface area contributed by atoms with Crippen LogP contribution in [0.15, 0.2) is 17.5 Å². The van der Waals surface area contributed by atoms with Gasteiger partial charge in [0, 0.05) is 11.4 Å². The van der Waals surface area contributed by atoms with E-state index in [4.69, 9.17) is 0 Å². The Balaban J connectivity index is 1.82. The first-order valence-corrected chi connectivity index (χ1v) is 8.67. The topological polar surface area (TPSA) is 32.3 Å². The Labute approximate surface area is 125 Å². The van der Waals surface area contributed by atoms with Crippen molar-refractivity contribution >= 4 is 17.2 Å². The van der Waals surface area contributed by atoms with Crippen molar-refractivity contribution in [3.8, 4) is 0 Å². The zero-order valence-electron chi connectivity index (χ0n) is 12.4. The number of hydrogen-bond donors (Lipinski definition) is 1. The third-order valence-electron chi connectivity index (χ3n) is 5.14. The summed E-state index contributed by atoms with van der Waals surface area (Å²) >= 11 is 1.74. The van der Waals surface area contributed by atoms with Gasteiger partial charge in [-0.2, -0.15) is 0 Å². The fraction of sp³-hybridized carbons (Fsp3) is 0.688. The minimum absolute atomic E-state index is 0.00363. The van der Waals surface area contributed by atoms with Crippen LogP contribution in [0.4, 0.5) is 0 Å². The first kappa shape index (κ1) is 14.1. The molecule has 20 heavy (non-hydrogen) atoms. The van der Waals surface area contributed by atoms with Gasteiger partial charge >= 0.3 is 0 Å². The molecule has 2 unspecified atom stereocenters. The van der Waals surface area contributed by atoms with Crippen molar-refractivity contribution in [3.63, 3.8) is 0 Å². The summed E-state index contributed by atoms with van der Waals surface area (Å²) in [5, 5.41) is 5.62. The third-order valence-corrected chi connectivity index (χ3v) is 6.07. The van der Waals surface area contributed by atoms with Crippen LogP contribution in [0.25, 0.3) is 0 Å². The standard InChI is InChI=1S/C16H24N2OS/c1-3-12-15(19)18(11-16(4-2)8-6-9-16)14(17-12)13-7-5-10-20-13/h5,7,10,12,14,17H,3-4,6,8-9,11H2,1-2H3. The molecule has 0 radical (unpaired) electrons. The van der Waals surface area contributed by atoms with Crippen molar-refractivity contribution < 1.29 is 4.79 Å². The van der Waals surface area contributed by atoms with Crippen LogP contribution in [0.1, 0.15) is 57.0 Å². The molecule has 110 valence electrons. The predicted octanol–water partition coefficient (Wildman–Crippen LogP) is 3.54. The zero-order chi connectivity index (χ0) is 14.2. The van der Waals surface area contributed by atoms with Crippen molar-refractivity contribution in [3.05, 3.63) is 22.4 Å². The molecule has 1 aromatic heterocycles. The van der Waals surface area contributed by atoms with Crippen molar-refractivity contribution in [1.29, 1.82) is 0 Å². The van der Waals surface area contributed by atoms with Gasteiger partial charge in [0.2, 0.25) is 5.91 Å². The van der Waals surface area contributed by atoms with Gasteiger partial charge in [-0.3, -0.25) is 10.1 Å². The Morgan fingerprint density at radius 1 is 1.45 bits per heavy atom. The molecule has 0 spiro atoms. The molecule has 2 fully saturated rings. The second-order valence-electron chi connectivity index (χ2n) is 6.22. The first-order chi connectivity index (χ1) is 9.69. The smallest absolute Gasteiger partial charge is 0.241 e. The van der Waals surface area contributed by atoms with Gasteiger partial charge < -0.3 is 4.90 Å². The molecule has 1 saturated carbocycles. The normalized spacial score (nSPS) is 28.7. The maximum atomic E-state index is 12.6. The molecule has 1 amide bonds. The minimum Gasteiger partial charge on any atom is -0.320 e. The van der Waals surface area contributed by atoms with E-state index < -0.39 is 0 Å². The number of carbonyl (C=O) groups excluding carboxylic acids is 1. The van der Waals surface area contributed by atoms with Crippen molar-refractivity contribution in [2.45, 2.75) is 58.2 Å². The lowest BCUT2D eigenvalue weighted by Crippen LogP contribution is -2.44. The molecule has 0 bridgehead atoms. The zero-order valence-corrected chi connectivity index (χ0v) is 13.2. The summed E-state index contributed by atoms with van der Waals surface area (Å²) in [7, 11) is 0. The molecular formula is C16H24N2OS. The number of nitrogens with zero attached hydrogens (tertiary/aromatic N) is 1. The molecule has 2 aliphatic rings. The predicted molar refractivity (Wildman–Crippen MR) is 82.6 cm³/mol. The molecule has 1 aliphatic heterocycles. The van der Waals surface area contributed by atoms with Crippen molar-refractivity contribution in [2.24, 2.45) is 5.41 Å². The van der Waals surface area contributed by atoms with Gasteiger partial charge in [0.15, 0.2) is 0 Å². The number of thiophene rings is 1.